The molecule has 1 aromatic carbocycles. The number of Topliss-reactive ketones (excluding diaryl/α,β-unsaturated/α-hetero) is 1. The SMILES string of the molecule is CCCN(C[C@@H](O)COCc1ccccc1)C[C@]1(O)CC[C@H]2[C@]34C=C[C@@]5(C=C3C(=O)c3ccco3)CC(O)CC[C@]5(C)[C@H]4CC[C@@]21C. The number of aliphatic hydroxyl groups is 3. The number of fused-ring (bicyclic) bond motifs is 1. The van der Waals surface area contributed by atoms with E-state index in [1.165, 1.54) is 0 Å². The van der Waals surface area contributed by atoms with Crippen molar-refractivity contribution in [3.63, 3.8) is 0 Å². The number of benzene rings is 1. The second kappa shape index (κ2) is 12.1. The predicted octanol–water partition coefficient (Wildman–Crippen LogP) is 6.34. The summed E-state index contributed by atoms with van der Waals surface area (Å²) in [6.45, 7) is 9.19. The molecule has 1 aromatic heterocycles. The number of rotatable bonds is 12. The number of allylic oxidation sites excluding steroid dienone is 4. The standard InChI is InChI=1S/C40H53NO6/c1-4-20-41(24-30(43)26-46-25-28-9-6-5-7-10-28)27-39(45)17-14-34-37(39,3)16-13-33-36(2)15-12-29(42)22-38(36)18-19-40(33,34)31(23-38)35(44)32-11-8-21-47-32/h5-11,18-19,21,23,29-30,33-34,42-43,45H,4,12-17,20,22,24-27H2,1-3H3/t29?,30-,33-,34-,36-,37+,38+,39-,40-/m1/s1. The van der Waals surface area contributed by atoms with Gasteiger partial charge in [-0.3, -0.25) is 9.69 Å². The van der Waals surface area contributed by atoms with Gasteiger partial charge in [0.25, 0.3) is 0 Å². The summed E-state index contributed by atoms with van der Waals surface area (Å²) < 4.78 is 11.6. The Labute approximate surface area is 279 Å². The van der Waals surface area contributed by atoms with Gasteiger partial charge in [-0.05, 0) is 92.9 Å². The highest BCUT2D eigenvalue weighted by Gasteiger charge is 2.74. The molecule has 7 nitrogen and oxygen atoms in total. The molecule has 7 heteroatoms. The summed E-state index contributed by atoms with van der Waals surface area (Å²) in [7, 11) is 0. The number of nitrogens with zero attached hydrogens (tertiary/aromatic N) is 1. The molecule has 3 N–H and O–H groups in total. The molecule has 2 aromatic rings. The van der Waals surface area contributed by atoms with Crippen molar-refractivity contribution in [3.05, 3.63) is 83.9 Å². The Balaban J connectivity index is 1.17. The van der Waals surface area contributed by atoms with E-state index in [0.29, 0.717) is 38.3 Å². The van der Waals surface area contributed by atoms with Crippen LogP contribution in [0.4, 0.5) is 0 Å². The highest BCUT2D eigenvalue weighted by atomic mass is 16.5. The number of ether oxygens (including phenoxy) is 1. The minimum absolute atomic E-state index is 0.0586. The van der Waals surface area contributed by atoms with Crippen molar-refractivity contribution < 1.29 is 29.3 Å². The maximum atomic E-state index is 14.4. The minimum atomic E-state index is -0.973. The number of hydrogen-bond donors (Lipinski definition) is 3. The molecule has 2 spiro atoms. The maximum absolute atomic E-state index is 14.4. The van der Waals surface area contributed by atoms with E-state index in [1.807, 2.05) is 30.3 Å². The molecule has 9 atom stereocenters. The van der Waals surface area contributed by atoms with Gasteiger partial charge in [-0.2, -0.15) is 0 Å². The fourth-order valence-corrected chi connectivity index (χ4v) is 11.3. The first-order valence-electron chi connectivity index (χ1n) is 17.9. The van der Waals surface area contributed by atoms with Crippen molar-refractivity contribution in [1.82, 2.24) is 4.90 Å². The van der Waals surface area contributed by atoms with Crippen LogP contribution in [0.5, 0.6) is 0 Å². The second-order valence-electron chi connectivity index (χ2n) is 16.0. The van der Waals surface area contributed by atoms with E-state index in [2.05, 4.69) is 43.9 Å². The summed E-state index contributed by atoms with van der Waals surface area (Å²) in [5.74, 6) is 0.613. The molecule has 0 radical (unpaired) electrons. The molecule has 6 aliphatic carbocycles. The smallest absolute Gasteiger partial charge is 0.224 e. The van der Waals surface area contributed by atoms with Crippen molar-refractivity contribution in [1.29, 1.82) is 0 Å². The Morgan fingerprint density at radius 2 is 1.77 bits per heavy atom. The van der Waals surface area contributed by atoms with Crippen molar-refractivity contribution in [2.75, 3.05) is 26.2 Å². The first-order valence-corrected chi connectivity index (χ1v) is 17.9. The van der Waals surface area contributed by atoms with Gasteiger partial charge in [0.2, 0.25) is 5.78 Å². The van der Waals surface area contributed by atoms with Gasteiger partial charge >= 0.3 is 0 Å². The lowest BCUT2D eigenvalue weighted by Gasteiger charge is -2.71. The van der Waals surface area contributed by atoms with Crippen molar-refractivity contribution in [2.45, 2.75) is 96.6 Å². The van der Waals surface area contributed by atoms with Crippen molar-refractivity contribution in [2.24, 2.45) is 33.5 Å². The normalized spacial score (nSPS) is 39.3. The van der Waals surface area contributed by atoms with Gasteiger partial charge in [0, 0.05) is 34.9 Å². The first-order chi connectivity index (χ1) is 22.5. The Morgan fingerprint density at radius 3 is 2.51 bits per heavy atom. The summed E-state index contributed by atoms with van der Waals surface area (Å²) in [6.07, 6.45) is 14.0. The molecule has 6 aliphatic rings. The Kier molecular flexibility index (Phi) is 8.49. The number of furan rings is 1. The topological polar surface area (TPSA) is 103 Å². The number of ketones is 1. The maximum Gasteiger partial charge on any atom is 0.224 e. The lowest BCUT2D eigenvalue weighted by molar-refractivity contribution is -0.177. The number of aliphatic hydroxyl groups excluding tert-OH is 2. The molecular formula is C40H53NO6. The van der Waals surface area contributed by atoms with Crippen molar-refractivity contribution >= 4 is 5.78 Å². The summed E-state index contributed by atoms with van der Waals surface area (Å²) in [4.78, 5) is 16.6. The fourth-order valence-electron chi connectivity index (χ4n) is 11.3. The predicted molar refractivity (Wildman–Crippen MR) is 180 cm³/mol. The van der Waals surface area contributed by atoms with Gasteiger partial charge < -0.3 is 24.5 Å². The van der Waals surface area contributed by atoms with Crippen LogP contribution in [-0.2, 0) is 11.3 Å². The lowest BCUT2D eigenvalue weighted by Crippen LogP contribution is -2.67. The molecule has 8 rings (SSSR count). The van der Waals surface area contributed by atoms with Crippen LogP contribution in [0, 0.1) is 33.5 Å². The molecule has 0 aliphatic heterocycles. The zero-order valence-electron chi connectivity index (χ0n) is 28.4. The third kappa shape index (κ3) is 5.06. The molecule has 2 bridgehead atoms. The van der Waals surface area contributed by atoms with Gasteiger partial charge in [0.05, 0.1) is 37.3 Å². The van der Waals surface area contributed by atoms with Gasteiger partial charge in [0.1, 0.15) is 0 Å². The van der Waals surface area contributed by atoms with E-state index >= 15 is 0 Å². The summed E-state index contributed by atoms with van der Waals surface area (Å²) >= 11 is 0. The van der Waals surface area contributed by atoms with Crippen LogP contribution >= 0.6 is 0 Å². The highest BCUT2D eigenvalue weighted by Crippen LogP contribution is 2.78. The molecule has 1 unspecified atom stereocenters. The third-order valence-corrected chi connectivity index (χ3v) is 13.6. The highest BCUT2D eigenvalue weighted by molar-refractivity contribution is 6.08. The van der Waals surface area contributed by atoms with E-state index in [1.54, 1.807) is 18.4 Å². The quantitative estimate of drug-likeness (QED) is 0.183. The van der Waals surface area contributed by atoms with E-state index in [0.717, 1.165) is 56.2 Å². The molecule has 1 heterocycles. The van der Waals surface area contributed by atoms with Crippen LogP contribution in [0.2, 0.25) is 0 Å². The van der Waals surface area contributed by atoms with Crippen LogP contribution in [0.1, 0.15) is 88.3 Å². The average molecular weight is 644 g/mol. The number of carbonyl (C=O) groups excluding carboxylic acids is 1. The molecule has 0 saturated heterocycles. The molecular weight excluding hydrogens is 590 g/mol. The first kappa shape index (κ1) is 33.0. The molecule has 47 heavy (non-hydrogen) atoms. The van der Waals surface area contributed by atoms with E-state index in [-0.39, 0.29) is 41.2 Å². The van der Waals surface area contributed by atoms with Crippen LogP contribution in [-0.4, -0.2) is 70.1 Å². The van der Waals surface area contributed by atoms with E-state index in [9.17, 15) is 20.1 Å². The largest absolute Gasteiger partial charge is 0.461 e. The van der Waals surface area contributed by atoms with Crippen LogP contribution in [0.3, 0.4) is 0 Å². The molecule has 0 amide bonds. The molecule has 3 fully saturated rings. The molecule has 254 valence electrons. The third-order valence-electron chi connectivity index (χ3n) is 13.6. The van der Waals surface area contributed by atoms with Crippen LogP contribution in [0.15, 0.2) is 76.9 Å². The average Bonchev–Trinajstić information content (AvgIpc) is 3.68. The van der Waals surface area contributed by atoms with Gasteiger partial charge in [-0.15, -0.1) is 0 Å². The number of hydrogen-bond acceptors (Lipinski definition) is 7. The van der Waals surface area contributed by atoms with E-state index in [4.69, 9.17) is 9.15 Å². The van der Waals surface area contributed by atoms with Crippen molar-refractivity contribution in [3.8, 4) is 0 Å². The van der Waals surface area contributed by atoms with Crippen LogP contribution in [0.25, 0.3) is 0 Å². The Morgan fingerprint density at radius 1 is 1.02 bits per heavy atom. The fraction of sp³-hybridized carbons (Fsp3) is 0.625. The van der Waals surface area contributed by atoms with Gasteiger partial charge in [-0.1, -0.05) is 69.3 Å². The Hall–Kier alpha value is -2.55. The zero-order valence-corrected chi connectivity index (χ0v) is 28.4. The Bertz CT molecular complexity index is 1500. The van der Waals surface area contributed by atoms with Crippen LogP contribution < -0.4 is 0 Å². The summed E-state index contributed by atoms with van der Waals surface area (Å²) in [5.41, 5.74) is -0.475. The monoisotopic (exact) mass is 643 g/mol. The minimum Gasteiger partial charge on any atom is -0.461 e. The van der Waals surface area contributed by atoms with Gasteiger partial charge in [0.15, 0.2) is 5.76 Å². The number of carbonyl (C=O) groups is 1. The lowest BCUT2D eigenvalue weighted by atomic mass is 9.32. The summed E-state index contributed by atoms with van der Waals surface area (Å²) in [6, 6.07) is 13.5. The van der Waals surface area contributed by atoms with E-state index < -0.39 is 22.5 Å². The summed E-state index contributed by atoms with van der Waals surface area (Å²) in [5, 5.41) is 34.7. The van der Waals surface area contributed by atoms with Gasteiger partial charge in [-0.25, -0.2) is 0 Å². The molecule has 3 saturated carbocycles. The zero-order chi connectivity index (χ0) is 33.1. The second-order valence-corrected chi connectivity index (χ2v) is 16.0.